The van der Waals surface area contributed by atoms with Gasteiger partial charge in [0.25, 0.3) is 0 Å². The Morgan fingerprint density at radius 1 is 0.825 bits per heavy atom. The van der Waals surface area contributed by atoms with Gasteiger partial charge in [-0.25, -0.2) is 10.4 Å². The van der Waals surface area contributed by atoms with Crippen molar-refractivity contribution < 1.29 is 9.59 Å². The minimum Gasteiger partial charge on any atom is -0.323 e. The maximum absolute atomic E-state index is 14.3. The highest BCUT2D eigenvalue weighted by Gasteiger charge is 2.67. The molecule has 40 heavy (non-hydrogen) atoms. The van der Waals surface area contributed by atoms with Crippen LogP contribution in [0.1, 0.15) is 33.7 Å². The molecular formula is C33H25N5O2. The second kappa shape index (κ2) is 8.48. The normalized spacial score (nSPS) is 24.4. The number of anilines is 1. The SMILES string of the molecule is O=C1[C@@H]2C3c4ccccc4C(/C=N\Nc4nc5ccccc5[nH]4)(c4ccccc43)[C@H]2C(=O)N1Cc1ccccc1. The maximum atomic E-state index is 14.3. The van der Waals surface area contributed by atoms with Crippen LogP contribution in [0.5, 0.6) is 0 Å². The van der Waals surface area contributed by atoms with Crippen LogP contribution in [0.15, 0.2) is 108 Å². The number of aromatic amines is 1. The molecule has 2 amide bonds. The largest absolute Gasteiger partial charge is 0.323 e. The molecule has 0 saturated carbocycles. The number of fused-ring (bicyclic) bond motifs is 1. The number of nitrogens with zero attached hydrogens (tertiary/aromatic N) is 3. The summed E-state index contributed by atoms with van der Waals surface area (Å²) in [6, 6.07) is 33.9. The Labute approximate surface area is 230 Å². The van der Waals surface area contributed by atoms with E-state index in [0.717, 1.165) is 38.9 Å². The fourth-order valence-electron chi connectivity index (χ4n) is 7.23. The van der Waals surface area contributed by atoms with Gasteiger partial charge >= 0.3 is 0 Å². The number of likely N-dealkylation sites (tertiary alicyclic amines) is 1. The Bertz CT molecular complexity index is 1760. The second-order valence-corrected chi connectivity index (χ2v) is 10.7. The zero-order valence-corrected chi connectivity index (χ0v) is 21.5. The molecule has 7 nitrogen and oxygen atoms in total. The lowest BCUT2D eigenvalue weighted by atomic mass is 9.47. The molecule has 3 aliphatic carbocycles. The van der Waals surface area contributed by atoms with Crippen LogP contribution in [0.3, 0.4) is 0 Å². The van der Waals surface area contributed by atoms with Crippen molar-refractivity contribution in [2.24, 2.45) is 16.9 Å². The van der Waals surface area contributed by atoms with Crippen LogP contribution >= 0.6 is 0 Å². The molecule has 2 atom stereocenters. The van der Waals surface area contributed by atoms with Gasteiger partial charge in [0.2, 0.25) is 17.8 Å². The maximum Gasteiger partial charge on any atom is 0.235 e. The summed E-state index contributed by atoms with van der Waals surface area (Å²) in [5, 5.41) is 4.70. The van der Waals surface area contributed by atoms with Crippen LogP contribution in [0.2, 0.25) is 0 Å². The van der Waals surface area contributed by atoms with E-state index in [0.29, 0.717) is 5.95 Å². The predicted molar refractivity (Wildman–Crippen MR) is 153 cm³/mol. The van der Waals surface area contributed by atoms with E-state index in [9.17, 15) is 9.59 Å². The van der Waals surface area contributed by atoms with Crippen LogP contribution in [0.25, 0.3) is 11.0 Å². The topological polar surface area (TPSA) is 90.5 Å². The third-order valence-electron chi connectivity index (χ3n) is 8.79. The Morgan fingerprint density at radius 2 is 1.48 bits per heavy atom. The highest BCUT2D eigenvalue weighted by Crippen LogP contribution is 2.63. The van der Waals surface area contributed by atoms with Gasteiger partial charge in [0.15, 0.2) is 0 Å². The smallest absolute Gasteiger partial charge is 0.235 e. The van der Waals surface area contributed by atoms with Gasteiger partial charge in [0.05, 0.1) is 34.8 Å². The lowest BCUT2D eigenvalue weighted by Gasteiger charge is -2.52. The van der Waals surface area contributed by atoms with E-state index in [1.165, 1.54) is 4.90 Å². The molecule has 1 fully saturated rings. The molecule has 0 unspecified atom stereocenters. The zero-order chi connectivity index (χ0) is 26.8. The third kappa shape index (κ3) is 3.06. The number of nitrogens with one attached hydrogen (secondary N) is 2. The number of imidazole rings is 1. The number of benzene rings is 4. The Morgan fingerprint density at radius 3 is 2.20 bits per heavy atom. The van der Waals surface area contributed by atoms with Crippen molar-refractivity contribution in [2.75, 3.05) is 5.43 Å². The number of hydrogen-bond donors (Lipinski definition) is 2. The zero-order valence-electron chi connectivity index (χ0n) is 21.5. The van der Waals surface area contributed by atoms with Crippen LogP contribution in [-0.2, 0) is 21.5 Å². The number of aromatic nitrogens is 2. The van der Waals surface area contributed by atoms with Crippen molar-refractivity contribution >= 4 is 35.0 Å². The Balaban J connectivity index is 1.28. The van der Waals surface area contributed by atoms with Crippen LogP contribution in [0, 0.1) is 11.8 Å². The van der Waals surface area contributed by atoms with E-state index >= 15 is 0 Å². The molecule has 4 aliphatic rings. The summed E-state index contributed by atoms with van der Waals surface area (Å²) in [7, 11) is 0. The highest BCUT2D eigenvalue weighted by atomic mass is 16.2. The van der Waals surface area contributed by atoms with Gasteiger partial charge in [0.1, 0.15) is 0 Å². The summed E-state index contributed by atoms with van der Waals surface area (Å²) in [5.74, 6) is -1.04. The average molecular weight is 524 g/mol. The monoisotopic (exact) mass is 523 g/mol. The molecule has 1 saturated heterocycles. The lowest BCUT2D eigenvalue weighted by Crippen LogP contribution is -2.54. The molecule has 0 radical (unpaired) electrons. The second-order valence-electron chi connectivity index (χ2n) is 10.7. The number of hydrogen-bond acceptors (Lipinski definition) is 5. The number of carbonyl (C=O) groups is 2. The van der Waals surface area contributed by atoms with E-state index in [1.807, 2.05) is 85.1 Å². The van der Waals surface area contributed by atoms with Crippen molar-refractivity contribution in [3.8, 4) is 0 Å². The van der Waals surface area contributed by atoms with Crippen LogP contribution in [-0.4, -0.2) is 32.9 Å². The molecule has 1 aliphatic heterocycles. The van der Waals surface area contributed by atoms with E-state index in [4.69, 9.17) is 5.10 Å². The van der Waals surface area contributed by atoms with E-state index in [1.54, 1.807) is 0 Å². The summed E-state index contributed by atoms with van der Waals surface area (Å²) >= 11 is 0. The van der Waals surface area contributed by atoms with E-state index < -0.39 is 17.3 Å². The predicted octanol–water partition coefficient (Wildman–Crippen LogP) is 5.21. The number of hydrazone groups is 1. The van der Waals surface area contributed by atoms with Gasteiger partial charge in [-0.15, -0.1) is 0 Å². The quantitative estimate of drug-likeness (QED) is 0.188. The highest BCUT2D eigenvalue weighted by molar-refractivity contribution is 6.11. The lowest BCUT2D eigenvalue weighted by molar-refractivity contribution is -0.140. The summed E-state index contributed by atoms with van der Waals surface area (Å²) in [4.78, 5) is 37.7. The molecule has 4 aromatic carbocycles. The summed E-state index contributed by atoms with van der Waals surface area (Å²) in [5.41, 5.74) is 9.04. The van der Waals surface area contributed by atoms with Crippen molar-refractivity contribution in [3.05, 3.63) is 131 Å². The fraction of sp³-hybridized carbons (Fsp3) is 0.152. The van der Waals surface area contributed by atoms with Crippen molar-refractivity contribution in [1.29, 1.82) is 0 Å². The average Bonchev–Trinajstić information content (AvgIpc) is 3.52. The number of H-pyrrole nitrogens is 1. The number of rotatable bonds is 5. The number of carbonyl (C=O) groups excluding carboxylic acids is 2. The summed E-state index contributed by atoms with van der Waals surface area (Å²) in [6.45, 7) is 0.259. The number of para-hydroxylation sites is 2. The summed E-state index contributed by atoms with van der Waals surface area (Å²) in [6.07, 6.45) is 1.84. The van der Waals surface area contributed by atoms with Crippen LogP contribution < -0.4 is 5.43 Å². The molecular weight excluding hydrogens is 498 g/mol. The van der Waals surface area contributed by atoms with E-state index in [-0.39, 0.29) is 24.3 Å². The Hall–Kier alpha value is -5.04. The molecule has 2 bridgehead atoms. The first-order valence-electron chi connectivity index (χ1n) is 13.5. The minimum absolute atomic E-state index is 0.115. The van der Waals surface area contributed by atoms with Crippen molar-refractivity contribution in [1.82, 2.24) is 14.9 Å². The molecule has 2 N–H and O–H groups in total. The van der Waals surface area contributed by atoms with Crippen molar-refractivity contribution in [2.45, 2.75) is 17.9 Å². The molecule has 2 heterocycles. The molecule has 0 spiro atoms. The fourth-order valence-corrected chi connectivity index (χ4v) is 7.23. The van der Waals surface area contributed by atoms with Gasteiger partial charge in [-0.2, -0.15) is 5.10 Å². The van der Waals surface area contributed by atoms with Crippen molar-refractivity contribution in [3.63, 3.8) is 0 Å². The first-order chi connectivity index (χ1) is 19.7. The first-order valence-corrected chi connectivity index (χ1v) is 13.5. The van der Waals surface area contributed by atoms with E-state index in [2.05, 4.69) is 39.7 Å². The van der Waals surface area contributed by atoms with Crippen LogP contribution in [0.4, 0.5) is 5.95 Å². The summed E-state index contributed by atoms with van der Waals surface area (Å²) < 4.78 is 0. The van der Waals surface area contributed by atoms with Gasteiger partial charge in [-0.05, 0) is 39.9 Å². The van der Waals surface area contributed by atoms with Gasteiger partial charge in [-0.1, -0.05) is 91.0 Å². The minimum atomic E-state index is -0.913. The standard InChI is InChI=1S/C33H25N5O2/c39-30-28-27-21-12-4-6-14-23(21)33(24-15-7-5-13-22(24)27,19-34-37-32-35-25-16-8-9-17-26(25)36-32)29(28)31(40)38(30)18-20-10-2-1-3-11-20/h1-17,19,27-29H,18H2,(H2,35,36,37)/b34-19-/t27?,28-,29-,33?/m1/s1. The molecule has 1 aromatic heterocycles. The van der Waals surface area contributed by atoms with Gasteiger partial charge in [-0.3, -0.25) is 14.5 Å². The molecule has 9 rings (SSSR count). The van der Waals surface area contributed by atoms with Gasteiger partial charge in [0, 0.05) is 12.1 Å². The Kier molecular flexibility index (Phi) is 4.85. The molecule has 7 heteroatoms. The number of amides is 2. The first kappa shape index (κ1) is 22.9. The molecule has 194 valence electrons. The molecule has 5 aromatic rings. The number of imide groups is 1. The van der Waals surface area contributed by atoms with Gasteiger partial charge < -0.3 is 4.98 Å². The third-order valence-corrected chi connectivity index (χ3v) is 8.79.